The highest BCUT2D eigenvalue weighted by molar-refractivity contribution is 14.0. The van der Waals surface area contributed by atoms with Gasteiger partial charge in [-0.15, -0.1) is 24.0 Å². The lowest BCUT2D eigenvalue weighted by Crippen LogP contribution is -2.38. The second-order valence-corrected chi connectivity index (χ2v) is 6.80. The van der Waals surface area contributed by atoms with E-state index in [1.807, 2.05) is 37.5 Å². The summed E-state index contributed by atoms with van der Waals surface area (Å²) in [5, 5.41) is 11.6. The molecule has 0 spiro atoms. The third-order valence-electron chi connectivity index (χ3n) is 3.32. The highest BCUT2D eigenvalue weighted by atomic mass is 127. The van der Waals surface area contributed by atoms with E-state index in [0.717, 1.165) is 25.2 Å². The molecule has 0 atom stereocenters. The van der Waals surface area contributed by atoms with Crippen molar-refractivity contribution in [3.63, 3.8) is 0 Å². The van der Waals surface area contributed by atoms with Crippen molar-refractivity contribution in [3.05, 3.63) is 54.4 Å². The average molecular weight is 477 g/mol. The van der Waals surface area contributed by atoms with Crippen LogP contribution in [-0.4, -0.2) is 32.0 Å². The standard InChI is InChI=1S/C16H23N5O2S.HI/c1-2-18-16(19-8-11-21-9-3-4-10-21)20-13-14-6-5-7-15(12-14)24(17,22)23;/h3-7,9-10,12H,2,8,11,13H2,1H3,(H2,17,22,23)(H2,18,19,20);1H. The Bertz CT molecular complexity index is 776. The molecule has 0 unspecified atom stereocenters. The number of sulfonamides is 1. The first-order chi connectivity index (χ1) is 11.5. The summed E-state index contributed by atoms with van der Waals surface area (Å²) in [5.41, 5.74) is 0.782. The van der Waals surface area contributed by atoms with Crippen LogP contribution in [0.1, 0.15) is 12.5 Å². The molecule has 7 nitrogen and oxygen atoms in total. The Morgan fingerprint density at radius 3 is 2.56 bits per heavy atom. The summed E-state index contributed by atoms with van der Waals surface area (Å²) in [4.78, 5) is 4.57. The lowest BCUT2D eigenvalue weighted by atomic mass is 10.2. The molecule has 0 aliphatic carbocycles. The van der Waals surface area contributed by atoms with Crippen molar-refractivity contribution in [3.8, 4) is 0 Å². The molecule has 4 N–H and O–H groups in total. The first-order valence-corrected chi connectivity index (χ1v) is 9.28. The average Bonchev–Trinajstić information content (AvgIpc) is 3.05. The summed E-state index contributed by atoms with van der Waals surface area (Å²) < 4.78 is 24.9. The van der Waals surface area contributed by atoms with Gasteiger partial charge in [0, 0.05) is 32.0 Å². The lowest BCUT2D eigenvalue weighted by molar-refractivity contribution is 0.597. The summed E-state index contributed by atoms with van der Waals surface area (Å²) in [6, 6.07) is 10.5. The van der Waals surface area contributed by atoms with Gasteiger partial charge in [0.25, 0.3) is 0 Å². The van der Waals surface area contributed by atoms with Crippen molar-refractivity contribution in [2.75, 3.05) is 13.1 Å². The zero-order valence-corrected chi connectivity index (χ0v) is 17.2. The van der Waals surface area contributed by atoms with Crippen molar-refractivity contribution in [2.24, 2.45) is 10.1 Å². The van der Waals surface area contributed by atoms with Gasteiger partial charge in [0.1, 0.15) is 0 Å². The molecule has 0 aliphatic rings. The number of benzene rings is 1. The zero-order chi connectivity index (χ0) is 17.4. The Kier molecular flexibility index (Phi) is 8.93. The predicted molar refractivity (Wildman–Crippen MR) is 110 cm³/mol. The van der Waals surface area contributed by atoms with E-state index >= 15 is 0 Å². The normalized spacial score (nSPS) is 11.7. The molecule has 138 valence electrons. The maximum atomic E-state index is 11.4. The van der Waals surface area contributed by atoms with Crippen LogP contribution in [0.3, 0.4) is 0 Å². The van der Waals surface area contributed by atoms with E-state index in [9.17, 15) is 8.42 Å². The maximum absolute atomic E-state index is 11.4. The number of rotatable bonds is 7. The van der Waals surface area contributed by atoms with Gasteiger partial charge in [0.05, 0.1) is 11.4 Å². The molecule has 0 amide bonds. The minimum Gasteiger partial charge on any atom is -0.357 e. The topological polar surface area (TPSA) is 102 Å². The number of hydrogen-bond donors (Lipinski definition) is 3. The van der Waals surface area contributed by atoms with Gasteiger partial charge in [-0.3, -0.25) is 0 Å². The van der Waals surface area contributed by atoms with Gasteiger partial charge < -0.3 is 15.2 Å². The number of nitrogens with zero attached hydrogens (tertiary/aromatic N) is 2. The van der Waals surface area contributed by atoms with Gasteiger partial charge in [0.2, 0.25) is 10.0 Å². The molecule has 25 heavy (non-hydrogen) atoms. The molecular formula is C16H24IN5O2S. The van der Waals surface area contributed by atoms with Crippen LogP contribution in [0.2, 0.25) is 0 Å². The fourth-order valence-corrected chi connectivity index (χ4v) is 2.74. The molecule has 1 heterocycles. The van der Waals surface area contributed by atoms with Crippen molar-refractivity contribution in [1.82, 2.24) is 15.2 Å². The van der Waals surface area contributed by atoms with Crippen LogP contribution >= 0.6 is 24.0 Å². The largest absolute Gasteiger partial charge is 0.357 e. The first kappa shape index (κ1) is 21.5. The SMILES string of the molecule is CCNC(=NCc1cccc(S(N)(=O)=O)c1)NCCn1cccc1.I. The van der Waals surface area contributed by atoms with E-state index in [2.05, 4.69) is 20.2 Å². The minimum absolute atomic E-state index is 0. The number of nitrogens with one attached hydrogen (secondary N) is 2. The molecule has 0 bridgehead atoms. The molecule has 0 radical (unpaired) electrons. The monoisotopic (exact) mass is 477 g/mol. The van der Waals surface area contributed by atoms with Crippen molar-refractivity contribution in [1.29, 1.82) is 0 Å². The van der Waals surface area contributed by atoms with E-state index in [-0.39, 0.29) is 28.9 Å². The Morgan fingerprint density at radius 2 is 1.92 bits per heavy atom. The molecule has 0 saturated carbocycles. The molecule has 1 aromatic heterocycles. The van der Waals surface area contributed by atoms with E-state index in [1.165, 1.54) is 6.07 Å². The molecule has 0 saturated heterocycles. The van der Waals surface area contributed by atoms with Crippen molar-refractivity contribution < 1.29 is 8.42 Å². The smallest absolute Gasteiger partial charge is 0.238 e. The molecule has 1 aromatic carbocycles. The molecule has 0 aliphatic heterocycles. The number of primary sulfonamides is 1. The fourth-order valence-electron chi connectivity index (χ4n) is 2.16. The number of aromatic nitrogens is 1. The Morgan fingerprint density at radius 1 is 1.20 bits per heavy atom. The number of guanidine groups is 1. The van der Waals surface area contributed by atoms with Gasteiger partial charge >= 0.3 is 0 Å². The summed E-state index contributed by atoms with van der Waals surface area (Å²) in [5.74, 6) is 0.686. The first-order valence-electron chi connectivity index (χ1n) is 7.73. The van der Waals surface area contributed by atoms with Gasteiger partial charge in [-0.1, -0.05) is 12.1 Å². The van der Waals surface area contributed by atoms with E-state index in [0.29, 0.717) is 12.5 Å². The van der Waals surface area contributed by atoms with Crippen LogP contribution in [0.25, 0.3) is 0 Å². The molecule has 0 fully saturated rings. The predicted octanol–water partition coefficient (Wildman–Crippen LogP) is 1.51. The second-order valence-electron chi connectivity index (χ2n) is 5.24. The van der Waals surface area contributed by atoms with Crippen LogP contribution in [0, 0.1) is 0 Å². The molecular weight excluding hydrogens is 453 g/mol. The van der Waals surface area contributed by atoms with Crippen LogP contribution in [-0.2, 0) is 23.1 Å². The van der Waals surface area contributed by atoms with Crippen molar-refractivity contribution in [2.45, 2.75) is 24.9 Å². The van der Waals surface area contributed by atoms with Crippen LogP contribution < -0.4 is 15.8 Å². The second kappa shape index (κ2) is 10.4. The zero-order valence-electron chi connectivity index (χ0n) is 14.1. The van der Waals surface area contributed by atoms with Crippen LogP contribution in [0.4, 0.5) is 0 Å². The quantitative estimate of drug-likeness (QED) is 0.320. The summed E-state index contributed by atoms with van der Waals surface area (Å²) in [7, 11) is -3.70. The van der Waals surface area contributed by atoms with Gasteiger partial charge in [-0.2, -0.15) is 0 Å². The Hall–Kier alpha value is -1.59. The van der Waals surface area contributed by atoms with Crippen molar-refractivity contribution >= 4 is 40.0 Å². The number of hydrogen-bond acceptors (Lipinski definition) is 3. The lowest BCUT2D eigenvalue weighted by Gasteiger charge is -2.12. The fraction of sp³-hybridized carbons (Fsp3) is 0.312. The van der Waals surface area contributed by atoms with Gasteiger partial charge in [-0.05, 0) is 36.8 Å². The summed E-state index contributed by atoms with van der Waals surface area (Å²) >= 11 is 0. The number of halogens is 1. The third kappa shape index (κ3) is 7.45. The Balaban J connectivity index is 0.00000312. The number of aliphatic imine (C=N–C) groups is 1. The molecule has 9 heteroatoms. The van der Waals surface area contributed by atoms with Gasteiger partial charge in [0.15, 0.2) is 5.96 Å². The third-order valence-corrected chi connectivity index (χ3v) is 4.23. The summed E-state index contributed by atoms with van der Waals surface area (Å²) in [6.07, 6.45) is 4.01. The van der Waals surface area contributed by atoms with E-state index < -0.39 is 10.0 Å². The van der Waals surface area contributed by atoms with E-state index in [4.69, 9.17) is 5.14 Å². The molecule has 2 rings (SSSR count). The van der Waals surface area contributed by atoms with Gasteiger partial charge in [-0.25, -0.2) is 18.5 Å². The van der Waals surface area contributed by atoms with Crippen LogP contribution in [0.15, 0.2) is 58.7 Å². The Labute approximate surface area is 165 Å². The summed E-state index contributed by atoms with van der Waals surface area (Å²) in [6.45, 7) is 4.66. The number of nitrogens with two attached hydrogens (primary N) is 1. The minimum atomic E-state index is -3.70. The maximum Gasteiger partial charge on any atom is 0.238 e. The molecule has 2 aromatic rings. The van der Waals surface area contributed by atoms with E-state index in [1.54, 1.807) is 12.1 Å². The highest BCUT2D eigenvalue weighted by Gasteiger charge is 2.07. The van der Waals surface area contributed by atoms with Crippen LogP contribution in [0.5, 0.6) is 0 Å². The highest BCUT2D eigenvalue weighted by Crippen LogP contribution is 2.10.